The average molecular weight is 526 g/mol. The maximum atomic E-state index is 13.3. The summed E-state index contributed by atoms with van der Waals surface area (Å²) in [4.78, 5) is 13.3. The summed E-state index contributed by atoms with van der Waals surface area (Å²) < 4.78 is 8.01. The number of carbonyl (C=O) groups excluding carboxylic acids is 1. The first-order valence-corrected chi connectivity index (χ1v) is 13.9. The van der Waals surface area contributed by atoms with Crippen LogP contribution in [0.3, 0.4) is 0 Å². The normalized spacial score (nSPS) is 14.4. The lowest BCUT2D eigenvalue weighted by molar-refractivity contribution is 0.254. The Morgan fingerprint density at radius 2 is 1.72 bits per heavy atom. The van der Waals surface area contributed by atoms with Gasteiger partial charge in [-0.15, -0.1) is 0 Å². The van der Waals surface area contributed by atoms with E-state index in [9.17, 15) is 4.79 Å². The van der Waals surface area contributed by atoms with Crippen LogP contribution in [0.5, 0.6) is 5.75 Å². The Kier molecular flexibility index (Phi) is 7.89. The molecule has 0 unspecified atom stereocenters. The van der Waals surface area contributed by atoms with E-state index in [1.54, 1.807) is 4.68 Å². The molecule has 4 aromatic rings. The van der Waals surface area contributed by atoms with Gasteiger partial charge >= 0.3 is 6.03 Å². The Morgan fingerprint density at radius 3 is 2.44 bits per heavy atom. The zero-order valence-electron chi connectivity index (χ0n) is 23.4. The van der Waals surface area contributed by atoms with Gasteiger partial charge in [-0.3, -0.25) is 5.32 Å². The molecule has 0 radical (unpaired) electrons. The van der Waals surface area contributed by atoms with Gasteiger partial charge in [-0.2, -0.15) is 5.10 Å². The van der Waals surface area contributed by atoms with Gasteiger partial charge in [-0.1, -0.05) is 62.7 Å². The summed E-state index contributed by atoms with van der Waals surface area (Å²) in [6.07, 6.45) is 3.48. The minimum Gasteiger partial charge on any atom is -0.493 e. The number of aryl methyl sites for hydroxylation is 1. The topological polar surface area (TPSA) is 80.2 Å². The van der Waals surface area contributed by atoms with Crippen LogP contribution in [0.15, 0.2) is 66.7 Å². The van der Waals surface area contributed by atoms with Crippen molar-refractivity contribution in [3.63, 3.8) is 0 Å². The highest BCUT2D eigenvalue weighted by molar-refractivity contribution is 6.07. The Bertz CT molecular complexity index is 1430. The SMILES string of the molecule is Cc1ccc(-n2nc(C(C)(C)C)cc2NC(=O)Nc2ccc(OCCC3CCNCC3)c3ccccc23)cc1. The second-order valence-electron chi connectivity index (χ2n) is 11.5. The maximum absolute atomic E-state index is 13.3. The summed E-state index contributed by atoms with van der Waals surface area (Å²) in [5.74, 6) is 2.18. The first kappa shape index (κ1) is 26.8. The lowest BCUT2D eigenvalue weighted by atomic mass is 9.92. The molecule has 1 aliphatic rings. The largest absolute Gasteiger partial charge is 0.493 e. The van der Waals surface area contributed by atoms with Crippen molar-refractivity contribution in [2.45, 2.75) is 52.4 Å². The Morgan fingerprint density at radius 1 is 1.00 bits per heavy atom. The van der Waals surface area contributed by atoms with Gasteiger partial charge in [0.2, 0.25) is 0 Å². The number of amides is 2. The molecule has 39 heavy (non-hydrogen) atoms. The molecular formula is C32H39N5O2. The average Bonchev–Trinajstić information content (AvgIpc) is 3.35. The van der Waals surface area contributed by atoms with Crippen molar-refractivity contribution in [2.24, 2.45) is 5.92 Å². The number of ether oxygens (including phenoxy) is 1. The van der Waals surface area contributed by atoms with Crippen molar-refractivity contribution in [1.82, 2.24) is 15.1 Å². The fourth-order valence-corrected chi connectivity index (χ4v) is 5.00. The highest BCUT2D eigenvalue weighted by Crippen LogP contribution is 2.33. The molecule has 7 nitrogen and oxygen atoms in total. The summed E-state index contributed by atoms with van der Waals surface area (Å²) in [7, 11) is 0. The van der Waals surface area contributed by atoms with Gasteiger partial charge in [-0.25, -0.2) is 9.48 Å². The molecule has 1 fully saturated rings. The highest BCUT2D eigenvalue weighted by atomic mass is 16.5. The summed E-state index contributed by atoms with van der Waals surface area (Å²) in [6, 6.07) is 21.6. The summed E-state index contributed by atoms with van der Waals surface area (Å²) in [5.41, 5.74) is 3.52. The minimum atomic E-state index is -0.326. The fourth-order valence-electron chi connectivity index (χ4n) is 5.00. The number of aromatic nitrogens is 2. The molecule has 1 aliphatic heterocycles. The lowest BCUT2D eigenvalue weighted by Crippen LogP contribution is -2.28. The Balaban J connectivity index is 1.33. The van der Waals surface area contributed by atoms with Gasteiger partial charge in [0.25, 0.3) is 0 Å². The summed E-state index contributed by atoms with van der Waals surface area (Å²) in [6.45, 7) is 11.3. The van der Waals surface area contributed by atoms with Crippen LogP contribution in [-0.4, -0.2) is 35.5 Å². The standard InChI is InChI=1S/C32H39N5O2/c1-22-9-11-24(12-10-22)37-30(21-29(36-37)32(2,3)4)35-31(38)34-27-13-14-28(26-8-6-5-7-25(26)27)39-20-17-23-15-18-33-19-16-23/h5-14,21,23,33H,15-20H2,1-4H3,(H2,34,35,38). The third-order valence-corrected chi connectivity index (χ3v) is 7.37. The van der Waals surface area contributed by atoms with E-state index in [1.807, 2.05) is 66.7 Å². The van der Waals surface area contributed by atoms with E-state index in [2.05, 4.69) is 43.6 Å². The van der Waals surface area contributed by atoms with E-state index in [0.29, 0.717) is 18.3 Å². The number of piperidine rings is 1. The number of carbonyl (C=O) groups is 1. The number of nitrogens with zero attached hydrogens (tertiary/aromatic N) is 2. The van der Waals surface area contributed by atoms with E-state index >= 15 is 0 Å². The number of hydrogen-bond acceptors (Lipinski definition) is 4. The molecule has 3 aromatic carbocycles. The van der Waals surface area contributed by atoms with E-state index in [1.165, 1.54) is 18.4 Å². The minimum absolute atomic E-state index is 0.164. The van der Waals surface area contributed by atoms with Gasteiger partial charge in [0, 0.05) is 22.3 Å². The molecule has 7 heteroatoms. The molecule has 5 rings (SSSR count). The molecule has 2 amide bonds. The lowest BCUT2D eigenvalue weighted by Gasteiger charge is -2.22. The molecule has 204 valence electrons. The summed E-state index contributed by atoms with van der Waals surface area (Å²) >= 11 is 0. The number of benzene rings is 3. The second-order valence-corrected chi connectivity index (χ2v) is 11.5. The van der Waals surface area contributed by atoms with Crippen molar-refractivity contribution < 1.29 is 9.53 Å². The fraction of sp³-hybridized carbons (Fsp3) is 0.375. The molecule has 2 heterocycles. The molecule has 0 aliphatic carbocycles. The number of fused-ring (bicyclic) bond motifs is 1. The van der Waals surface area contributed by atoms with Crippen LogP contribution >= 0.6 is 0 Å². The van der Waals surface area contributed by atoms with Gasteiger partial charge < -0.3 is 15.4 Å². The predicted molar refractivity (Wildman–Crippen MR) is 159 cm³/mol. The molecule has 0 saturated carbocycles. The van der Waals surface area contributed by atoms with Crippen LogP contribution in [0.2, 0.25) is 0 Å². The molecule has 0 bridgehead atoms. The van der Waals surface area contributed by atoms with E-state index in [4.69, 9.17) is 9.84 Å². The Hall–Kier alpha value is -3.84. The zero-order chi connectivity index (χ0) is 27.4. The van der Waals surface area contributed by atoms with Crippen LogP contribution in [0, 0.1) is 12.8 Å². The monoisotopic (exact) mass is 525 g/mol. The van der Waals surface area contributed by atoms with Gasteiger partial charge in [0.1, 0.15) is 11.6 Å². The molecular weight excluding hydrogens is 486 g/mol. The van der Waals surface area contributed by atoms with Crippen LogP contribution in [0.4, 0.5) is 16.3 Å². The third kappa shape index (κ3) is 6.42. The first-order chi connectivity index (χ1) is 18.8. The number of hydrogen-bond donors (Lipinski definition) is 3. The molecule has 1 aromatic heterocycles. The van der Waals surface area contributed by atoms with Crippen LogP contribution in [0.1, 0.15) is 51.3 Å². The number of nitrogens with one attached hydrogen (secondary N) is 3. The van der Waals surface area contributed by atoms with Crippen molar-refractivity contribution in [3.8, 4) is 11.4 Å². The van der Waals surface area contributed by atoms with E-state index in [-0.39, 0.29) is 11.4 Å². The maximum Gasteiger partial charge on any atom is 0.324 e. The number of urea groups is 1. The van der Waals surface area contributed by atoms with E-state index < -0.39 is 0 Å². The Labute approximate surface area is 230 Å². The second kappa shape index (κ2) is 11.5. The number of rotatable bonds is 7. The number of anilines is 2. The van der Waals surface area contributed by atoms with Gasteiger partial charge in [0.15, 0.2) is 0 Å². The predicted octanol–water partition coefficient (Wildman–Crippen LogP) is 7.04. The molecule has 0 atom stereocenters. The van der Waals surface area contributed by atoms with Crippen molar-refractivity contribution in [3.05, 3.63) is 78.0 Å². The van der Waals surface area contributed by atoms with Crippen molar-refractivity contribution >= 4 is 28.3 Å². The van der Waals surface area contributed by atoms with Crippen LogP contribution in [-0.2, 0) is 5.41 Å². The highest BCUT2D eigenvalue weighted by Gasteiger charge is 2.22. The third-order valence-electron chi connectivity index (χ3n) is 7.37. The molecule has 1 saturated heterocycles. The van der Waals surface area contributed by atoms with Crippen LogP contribution in [0.25, 0.3) is 16.5 Å². The summed E-state index contributed by atoms with van der Waals surface area (Å²) in [5, 5.41) is 16.2. The first-order valence-electron chi connectivity index (χ1n) is 13.9. The van der Waals surface area contributed by atoms with Crippen LogP contribution < -0.4 is 20.7 Å². The smallest absolute Gasteiger partial charge is 0.324 e. The molecule has 0 spiro atoms. The van der Waals surface area contributed by atoms with Gasteiger partial charge in [-0.05, 0) is 69.5 Å². The van der Waals surface area contributed by atoms with Gasteiger partial charge in [0.05, 0.1) is 23.7 Å². The van der Waals surface area contributed by atoms with Crippen molar-refractivity contribution in [1.29, 1.82) is 0 Å². The van der Waals surface area contributed by atoms with Crippen molar-refractivity contribution in [2.75, 3.05) is 30.3 Å². The zero-order valence-corrected chi connectivity index (χ0v) is 23.4. The molecule has 3 N–H and O–H groups in total. The van der Waals surface area contributed by atoms with E-state index in [0.717, 1.165) is 53.1 Å². The quantitative estimate of drug-likeness (QED) is 0.242.